The van der Waals surface area contributed by atoms with Gasteiger partial charge in [0.25, 0.3) is 0 Å². The maximum absolute atomic E-state index is 6.18. The van der Waals surface area contributed by atoms with Gasteiger partial charge in [0.1, 0.15) is 3.53 Å². The van der Waals surface area contributed by atoms with Crippen molar-refractivity contribution in [1.82, 2.24) is 0 Å². The van der Waals surface area contributed by atoms with Crippen molar-refractivity contribution in [2.24, 2.45) is 0 Å². The van der Waals surface area contributed by atoms with Gasteiger partial charge in [-0.05, 0) is 24.3 Å². The normalized spacial score (nSPS) is 10.8. The Morgan fingerprint density at radius 3 is 1.64 bits per heavy atom. The lowest BCUT2D eigenvalue weighted by Gasteiger charge is -2.12. The second-order valence-electron chi connectivity index (χ2n) is 3.81. The zero-order chi connectivity index (χ0) is 16.4. The summed E-state index contributed by atoms with van der Waals surface area (Å²) in [6.07, 6.45) is 0. The molecule has 2 aromatic carbocycles. The van der Waals surface area contributed by atoms with Gasteiger partial charge < -0.3 is 0 Å². The molecule has 0 radical (unpaired) electrons. The van der Waals surface area contributed by atoms with Crippen molar-refractivity contribution >= 4 is 109 Å². The van der Waals surface area contributed by atoms with Crippen molar-refractivity contribution in [3.8, 4) is 0 Å². The third kappa shape index (κ3) is 4.53. The lowest BCUT2D eigenvalue weighted by Crippen LogP contribution is -1.87. The molecule has 0 bridgehead atoms. The Hall–Kier alpha value is 0.970. The minimum Gasteiger partial charge on any atom is -0.0843 e. The highest BCUT2D eigenvalue weighted by Gasteiger charge is 2.21. The van der Waals surface area contributed by atoms with Gasteiger partial charge in [-0.25, -0.2) is 0 Å². The molecule has 2 aromatic rings. The first-order valence-corrected chi connectivity index (χ1v) is 9.78. The monoisotopic (exact) mass is 466 g/mol. The molecule has 0 aliphatic carbocycles. The highest BCUT2D eigenvalue weighted by atomic mass is 35.5. The maximum Gasteiger partial charge on any atom is 0.113 e. The first kappa shape index (κ1) is 19.3. The first-order chi connectivity index (χ1) is 10.3. The van der Waals surface area contributed by atoms with Gasteiger partial charge in [-0.2, -0.15) is 0 Å². The fourth-order valence-electron chi connectivity index (χ4n) is 1.38. The van der Waals surface area contributed by atoms with Crippen LogP contribution in [0.15, 0.2) is 34.1 Å². The van der Waals surface area contributed by atoms with Gasteiger partial charge in [0.05, 0.1) is 30.0 Å². The third-order valence-electron chi connectivity index (χ3n) is 2.37. The van der Waals surface area contributed by atoms with Crippen LogP contribution in [0.25, 0.3) is 0 Å². The van der Waals surface area contributed by atoms with Crippen LogP contribution in [-0.2, 0) is 0 Å². The summed E-state index contributed by atoms with van der Waals surface area (Å²) in [6.45, 7) is 0. The molecular formula is C13H4Cl6S3. The van der Waals surface area contributed by atoms with Crippen LogP contribution in [0.1, 0.15) is 0 Å². The number of thioether (sulfide) groups is 2. The van der Waals surface area contributed by atoms with Crippen LogP contribution in [-0.4, -0.2) is 3.53 Å². The molecule has 0 fully saturated rings. The molecule has 22 heavy (non-hydrogen) atoms. The van der Waals surface area contributed by atoms with Crippen molar-refractivity contribution in [3.63, 3.8) is 0 Å². The summed E-state index contributed by atoms with van der Waals surface area (Å²) >= 11 is 44.1. The third-order valence-corrected chi connectivity index (χ3v) is 7.58. The number of benzene rings is 2. The maximum atomic E-state index is 6.18. The minimum atomic E-state index is 0.124. The van der Waals surface area contributed by atoms with Crippen LogP contribution in [0.4, 0.5) is 0 Å². The molecule has 0 nitrogen and oxygen atoms in total. The molecule has 0 aliphatic rings. The second-order valence-corrected chi connectivity index (χ2v) is 9.42. The summed E-state index contributed by atoms with van der Waals surface area (Å²) in [5.41, 5.74) is 0. The molecule has 0 saturated carbocycles. The number of hydrogen-bond donors (Lipinski definition) is 0. The molecule has 0 N–H and O–H groups in total. The highest BCUT2D eigenvalue weighted by molar-refractivity contribution is 8.47. The Kier molecular flexibility index (Phi) is 7.34. The lowest BCUT2D eigenvalue weighted by molar-refractivity contribution is 1.47. The summed E-state index contributed by atoms with van der Waals surface area (Å²) in [4.78, 5) is 1.43. The van der Waals surface area contributed by atoms with Crippen LogP contribution in [0.2, 0.25) is 30.1 Å². The predicted molar refractivity (Wildman–Crippen MR) is 107 cm³/mol. The van der Waals surface area contributed by atoms with E-state index in [1.807, 2.05) is 12.1 Å². The zero-order valence-electron chi connectivity index (χ0n) is 10.3. The number of rotatable bonds is 2. The van der Waals surface area contributed by atoms with E-state index in [0.29, 0.717) is 13.4 Å². The van der Waals surface area contributed by atoms with Crippen molar-refractivity contribution in [2.75, 3.05) is 0 Å². The minimum absolute atomic E-state index is 0.124. The van der Waals surface area contributed by atoms with Gasteiger partial charge in [-0.1, -0.05) is 105 Å². The van der Waals surface area contributed by atoms with Crippen LogP contribution in [0.3, 0.4) is 0 Å². The predicted octanol–water partition coefficient (Wildman–Crippen LogP) is 8.78. The molecule has 0 amide bonds. The van der Waals surface area contributed by atoms with Gasteiger partial charge in [0.15, 0.2) is 0 Å². The molecule has 9 heteroatoms. The first-order valence-electron chi connectivity index (χ1n) is 5.48. The largest absolute Gasteiger partial charge is 0.113 e. The van der Waals surface area contributed by atoms with Gasteiger partial charge in [0, 0.05) is 9.92 Å². The van der Waals surface area contributed by atoms with Gasteiger partial charge in [-0.3, -0.25) is 0 Å². The average Bonchev–Trinajstić information content (AvgIpc) is 2.50. The van der Waals surface area contributed by atoms with Crippen LogP contribution < -0.4 is 0 Å². The summed E-state index contributed by atoms with van der Waals surface area (Å²) < 4.78 is 0.584. The molecule has 0 aromatic heterocycles. The topological polar surface area (TPSA) is 0 Å². The Bertz CT molecular complexity index is 701. The fraction of sp³-hybridized carbons (Fsp3) is 0. The second kappa shape index (κ2) is 8.37. The molecule has 0 spiro atoms. The van der Waals surface area contributed by atoms with E-state index in [2.05, 4.69) is 0 Å². The fourth-order valence-corrected chi connectivity index (χ4v) is 5.24. The Balaban J connectivity index is 2.24. The van der Waals surface area contributed by atoms with Crippen molar-refractivity contribution < 1.29 is 0 Å². The molecule has 116 valence electrons. The Labute approximate surface area is 171 Å². The van der Waals surface area contributed by atoms with Crippen LogP contribution in [0.5, 0.6) is 0 Å². The average molecular weight is 469 g/mol. The van der Waals surface area contributed by atoms with Gasteiger partial charge >= 0.3 is 0 Å². The SMILES string of the molecule is S=C(Sc1ccc(Cl)cc1)Sc1c(Cl)c(Cl)c(Cl)c(Cl)c1Cl. The van der Waals surface area contributed by atoms with E-state index in [1.54, 1.807) is 12.1 Å². The summed E-state index contributed by atoms with van der Waals surface area (Å²) in [5, 5.41) is 1.54. The highest BCUT2D eigenvalue weighted by Crippen LogP contribution is 2.49. The van der Waals surface area contributed by atoms with Crippen molar-refractivity contribution in [3.05, 3.63) is 54.4 Å². The van der Waals surface area contributed by atoms with Crippen LogP contribution >= 0.6 is 105 Å². The summed E-state index contributed by atoms with van der Waals surface area (Å²) in [5.74, 6) is 0. The number of halogens is 6. The molecule has 0 aliphatic heterocycles. The summed E-state index contributed by atoms with van der Waals surface area (Å²) in [6, 6.07) is 7.30. The van der Waals surface area contributed by atoms with E-state index in [0.717, 1.165) is 4.90 Å². The molecule has 0 atom stereocenters. The molecular weight excluding hydrogens is 465 g/mol. The molecule has 0 saturated heterocycles. The lowest BCUT2D eigenvalue weighted by atomic mass is 10.3. The number of hydrogen-bond acceptors (Lipinski definition) is 3. The van der Waals surface area contributed by atoms with E-state index in [4.69, 9.17) is 81.8 Å². The van der Waals surface area contributed by atoms with E-state index >= 15 is 0 Å². The Morgan fingerprint density at radius 2 is 1.14 bits per heavy atom. The molecule has 0 unspecified atom stereocenters. The smallest absolute Gasteiger partial charge is 0.0843 e. The van der Waals surface area contributed by atoms with E-state index in [1.165, 1.54) is 23.5 Å². The van der Waals surface area contributed by atoms with Crippen molar-refractivity contribution in [2.45, 2.75) is 9.79 Å². The van der Waals surface area contributed by atoms with E-state index in [9.17, 15) is 0 Å². The Morgan fingerprint density at radius 1 is 0.682 bits per heavy atom. The van der Waals surface area contributed by atoms with E-state index < -0.39 is 0 Å². The van der Waals surface area contributed by atoms with Gasteiger partial charge in [0.2, 0.25) is 0 Å². The quantitative estimate of drug-likeness (QED) is 0.187. The number of thiocarbonyl (C=S) groups is 1. The van der Waals surface area contributed by atoms with Crippen molar-refractivity contribution in [1.29, 1.82) is 0 Å². The zero-order valence-corrected chi connectivity index (χ0v) is 17.3. The molecule has 2 rings (SSSR count). The van der Waals surface area contributed by atoms with Crippen LogP contribution in [0, 0.1) is 0 Å². The molecule has 0 heterocycles. The van der Waals surface area contributed by atoms with E-state index in [-0.39, 0.29) is 25.1 Å². The van der Waals surface area contributed by atoms with Gasteiger partial charge in [-0.15, -0.1) is 0 Å². The standard InChI is InChI=1S/C13H4Cl6S3/c14-5-1-3-6(4-2-5)21-13(20)22-12-10(18)8(16)7(15)9(17)11(12)19/h1-4H. The summed E-state index contributed by atoms with van der Waals surface area (Å²) in [7, 11) is 0.